The maximum atomic E-state index is 8.97. The normalized spacial score (nSPS) is 21.2. The van der Waals surface area contributed by atoms with Gasteiger partial charge < -0.3 is 16.2 Å². The number of aliphatic hydroxyl groups is 1. The monoisotopic (exact) mass is 171 g/mol. The molecule has 0 atom stereocenters. The van der Waals surface area contributed by atoms with Gasteiger partial charge in [0.1, 0.15) is 0 Å². The van der Waals surface area contributed by atoms with E-state index in [1.165, 1.54) is 0 Å². The molecular weight excluding hydrogens is 154 g/mol. The summed E-state index contributed by atoms with van der Waals surface area (Å²) in [5, 5.41) is 12.0. The first-order valence-electron chi connectivity index (χ1n) is 4.30. The minimum atomic E-state index is -0.150. The fourth-order valence-electron chi connectivity index (χ4n) is 1.06. The van der Waals surface area contributed by atoms with E-state index >= 15 is 0 Å². The van der Waals surface area contributed by atoms with E-state index in [0.29, 0.717) is 5.96 Å². The Kier molecular flexibility index (Phi) is 2.57. The summed E-state index contributed by atoms with van der Waals surface area (Å²) in [6, 6.07) is 0.201. The maximum absolute atomic E-state index is 8.97. The van der Waals surface area contributed by atoms with E-state index in [2.05, 4.69) is 10.3 Å². The summed E-state index contributed by atoms with van der Waals surface area (Å²) in [7, 11) is 0. The zero-order valence-corrected chi connectivity index (χ0v) is 7.67. The van der Waals surface area contributed by atoms with Crippen LogP contribution in [0.1, 0.15) is 26.7 Å². The summed E-state index contributed by atoms with van der Waals surface area (Å²) in [5.41, 5.74) is 5.45. The standard InChI is InChI=1S/C8H17N3O/c1-6(2)10-7(9)11-8(5-12)3-4-8/h6,12H,3-5H2,1-2H3,(H3,9,10,11). The SMILES string of the molecule is CC(C)N=C(N)NC1(CO)CC1. The molecule has 0 spiro atoms. The van der Waals surface area contributed by atoms with E-state index in [9.17, 15) is 0 Å². The molecule has 0 saturated heterocycles. The number of hydrogen-bond donors (Lipinski definition) is 3. The lowest BCUT2D eigenvalue weighted by Crippen LogP contribution is -2.44. The van der Waals surface area contributed by atoms with Gasteiger partial charge in [-0.15, -0.1) is 0 Å². The summed E-state index contributed by atoms with van der Waals surface area (Å²) in [5.74, 6) is 0.441. The third-order valence-corrected chi connectivity index (χ3v) is 1.95. The van der Waals surface area contributed by atoms with Crippen LogP contribution in [-0.4, -0.2) is 29.3 Å². The van der Waals surface area contributed by atoms with E-state index in [1.54, 1.807) is 0 Å². The highest BCUT2D eigenvalue weighted by molar-refractivity contribution is 5.79. The second-order valence-corrected chi connectivity index (χ2v) is 3.67. The summed E-state index contributed by atoms with van der Waals surface area (Å²) in [4.78, 5) is 4.12. The summed E-state index contributed by atoms with van der Waals surface area (Å²) >= 11 is 0. The van der Waals surface area contributed by atoms with Crippen LogP contribution in [0.3, 0.4) is 0 Å². The van der Waals surface area contributed by atoms with E-state index < -0.39 is 0 Å². The molecule has 0 unspecified atom stereocenters. The molecule has 12 heavy (non-hydrogen) atoms. The third kappa shape index (κ3) is 2.37. The summed E-state index contributed by atoms with van der Waals surface area (Å²) in [6.45, 7) is 4.07. The van der Waals surface area contributed by atoms with Crippen molar-refractivity contribution in [3.63, 3.8) is 0 Å². The molecular formula is C8H17N3O. The van der Waals surface area contributed by atoms with Gasteiger partial charge in [0, 0.05) is 6.04 Å². The molecule has 70 valence electrons. The molecule has 1 rings (SSSR count). The van der Waals surface area contributed by atoms with E-state index in [-0.39, 0.29) is 18.2 Å². The molecule has 4 nitrogen and oxygen atoms in total. The molecule has 0 bridgehead atoms. The number of guanidine groups is 1. The molecule has 1 saturated carbocycles. The number of nitrogens with two attached hydrogens (primary N) is 1. The number of nitrogens with one attached hydrogen (secondary N) is 1. The van der Waals surface area contributed by atoms with Crippen LogP contribution < -0.4 is 11.1 Å². The van der Waals surface area contributed by atoms with Crippen LogP contribution in [0.2, 0.25) is 0 Å². The Bertz CT molecular complexity index is 185. The highest BCUT2D eigenvalue weighted by Gasteiger charge is 2.42. The lowest BCUT2D eigenvalue weighted by Gasteiger charge is -2.15. The van der Waals surface area contributed by atoms with Gasteiger partial charge in [0.25, 0.3) is 0 Å². The van der Waals surface area contributed by atoms with Gasteiger partial charge >= 0.3 is 0 Å². The maximum Gasteiger partial charge on any atom is 0.189 e. The van der Waals surface area contributed by atoms with Crippen molar-refractivity contribution in [2.24, 2.45) is 10.7 Å². The van der Waals surface area contributed by atoms with E-state index in [1.807, 2.05) is 13.8 Å². The third-order valence-electron chi connectivity index (χ3n) is 1.95. The van der Waals surface area contributed by atoms with Gasteiger partial charge in [-0.05, 0) is 26.7 Å². The molecule has 1 aliphatic rings. The van der Waals surface area contributed by atoms with Crippen LogP contribution in [0.4, 0.5) is 0 Å². The lowest BCUT2D eigenvalue weighted by atomic mass is 10.3. The highest BCUT2D eigenvalue weighted by atomic mass is 16.3. The zero-order valence-electron chi connectivity index (χ0n) is 7.67. The predicted molar refractivity (Wildman–Crippen MR) is 48.9 cm³/mol. The highest BCUT2D eigenvalue weighted by Crippen LogP contribution is 2.34. The number of nitrogens with zero attached hydrogens (tertiary/aromatic N) is 1. The van der Waals surface area contributed by atoms with Crippen molar-refractivity contribution in [1.82, 2.24) is 5.32 Å². The average Bonchev–Trinajstić information content (AvgIpc) is 2.67. The van der Waals surface area contributed by atoms with Crippen molar-refractivity contribution in [1.29, 1.82) is 0 Å². The molecule has 0 radical (unpaired) electrons. The van der Waals surface area contributed by atoms with Crippen molar-refractivity contribution in [2.45, 2.75) is 38.3 Å². The molecule has 0 aromatic heterocycles. The predicted octanol–water partition coefficient (Wildman–Crippen LogP) is -0.176. The summed E-state index contributed by atoms with van der Waals surface area (Å²) in [6.07, 6.45) is 1.97. The second-order valence-electron chi connectivity index (χ2n) is 3.67. The number of rotatable bonds is 3. The molecule has 4 heteroatoms. The van der Waals surface area contributed by atoms with Gasteiger partial charge in [0.05, 0.1) is 12.1 Å². The Balaban J connectivity index is 2.40. The first-order valence-corrected chi connectivity index (χ1v) is 4.30. The fourth-order valence-corrected chi connectivity index (χ4v) is 1.06. The molecule has 4 N–H and O–H groups in total. The van der Waals surface area contributed by atoms with Gasteiger partial charge in [0.15, 0.2) is 5.96 Å². The Labute approximate surface area is 72.9 Å². The number of hydrogen-bond acceptors (Lipinski definition) is 2. The Morgan fingerprint density at radius 1 is 1.67 bits per heavy atom. The van der Waals surface area contributed by atoms with Crippen LogP contribution in [0.15, 0.2) is 4.99 Å². The van der Waals surface area contributed by atoms with Crippen LogP contribution >= 0.6 is 0 Å². The van der Waals surface area contributed by atoms with Gasteiger partial charge in [-0.2, -0.15) is 0 Å². The molecule has 1 fully saturated rings. The first-order chi connectivity index (χ1) is 5.58. The molecule has 1 aliphatic carbocycles. The van der Waals surface area contributed by atoms with E-state index in [0.717, 1.165) is 12.8 Å². The minimum absolute atomic E-state index is 0.140. The van der Waals surface area contributed by atoms with Crippen molar-refractivity contribution in [3.05, 3.63) is 0 Å². The summed E-state index contributed by atoms with van der Waals surface area (Å²) < 4.78 is 0. The van der Waals surface area contributed by atoms with Crippen LogP contribution in [0.25, 0.3) is 0 Å². The van der Waals surface area contributed by atoms with Crippen LogP contribution in [-0.2, 0) is 0 Å². The van der Waals surface area contributed by atoms with Gasteiger partial charge in [-0.3, -0.25) is 4.99 Å². The molecule has 0 amide bonds. The van der Waals surface area contributed by atoms with Gasteiger partial charge in [-0.25, -0.2) is 0 Å². The van der Waals surface area contributed by atoms with E-state index in [4.69, 9.17) is 10.8 Å². The largest absolute Gasteiger partial charge is 0.394 e. The first kappa shape index (κ1) is 9.32. The number of aliphatic hydroxyl groups excluding tert-OH is 1. The van der Waals surface area contributed by atoms with Crippen LogP contribution in [0, 0.1) is 0 Å². The van der Waals surface area contributed by atoms with Crippen molar-refractivity contribution in [2.75, 3.05) is 6.61 Å². The molecule has 0 aromatic carbocycles. The quantitative estimate of drug-likeness (QED) is 0.407. The van der Waals surface area contributed by atoms with Crippen molar-refractivity contribution in [3.8, 4) is 0 Å². The van der Waals surface area contributed by atoms with Crippen LogP contribution in [0.5, 0.6) is 0 Å². The Morgan fingerprint density at radius 3 is 2.58 bits per heavy atom. The van der Waals surface area contributed by atoms with Gasteiger partial charge in [-0.1, -0.05) is 0 Å². The molecule has 0 aromatic rings. The fraction of sp³-hybridized carbons (Fsp3) is 0.875. The Hall–Kier alpha value is -0.770. The Morgan fingerprint density at radius 2 is 2.25 bits per heavy atom. The van der Waals surface area contributed by atoms with Gasteiger partial charge in [0.2, 0.25) is 0 Å². The minimum Gasteiger partial charge on any atom is -0.394 e. The molecule has 0 heterocycles. The smallest absolute Gasteiger partial charge is 0.189 e. The second kappa shape index (κ2) is 3.31. The average molecular weight is 171 g/mol. The molecule has 0 aliphatic heterocycles. The van der Waals surface area contributed by atoms with Crippen molar-refractivity contribution < 1.29 is 5.11 Å². The lowest BCUT2D eigenvalue weighted by molar-refractivity contribution is 0.245. The zero-order chi connectivity index (χ0) is 9.19. The number of aliphatic imine (C=N–C) groups is 1. The van der Waals surface area contributed by atoms with Crippen molar-refractivity contribution >= 4 is 5.96 Å². The topological polar surface area (TPSA) is 70.6 Å².